The van der Waals surface area contributed by atoms with Gasteiger partial charge in [0, 0.05) is 16.6 Å². The van der Waals surface area contributed by atoms with Gasteiger partial charge in [-0.2, -0.15) is 16.8 Å². The Hall–Kier alpha value is -0.0700. The van der Waals surface area contributed by atoms with E-state index in [2.05, 4.69) is 9.44 Å². The quantitative estimate of drug-likeness (QED) is 0.274. The Kier molecular flexibility index (Phi) is 6.76. The summed E-state index contributed by atoms with van der Waals surface area (Å²) in [4.78, 5) is 19.6. The van der Waals surface area contributed by atoms with Crippen LogP contribution >= 0.6 is 7.75 Å². The van der Waals surface area contributed by atoms with E-state index in [1.807, 2.05) is 0 Å². The van der Waals surface area contributed by atoms with Crippen molar-refractivity contribution in [3.05, 3.63) is 0 Å². The molecule has 0 saturated heterocycles. The van der Waals surface area contributed by atoms with Gasteiger partial charge < -0.3 is 9.79 Å². The first-order valence-electron chi connectivity index (χ1n) is 14.1. The predicted octanol–water partition coefficient (Wildman–Crippen LogP) is 3.26. The third kappa shape index (κ3) is 5.35. The first kappa shape index (κ1) is 27.1. The molecule has 8 aliphatic carbocycles. The van der Waals surface area contributed by atoms with Crippen LogP contribution in [0.25, 0.3) is 0 Å². The molecule has 0 heterocycles. The Morgan fingerprint density at radius 2 is 0.892 bits per heavy atom. The maximum atomic E-state index is 13.0. The Bertz CT molecular complexity index is 1020. The number of hydrogen-bond acceptors (Lipinski definition) is 5. The van der Waals surface area contributed by atoms with Crippen molar-refractivity contribution in [1.29, 1.82) is 0 Å². The van der Waals surface area contributed by atoms with Gasteiger partial charge >= 0.3 is 28.2 Å². The zero-order valence-corrected chi connectivity index (χ0v) is 24.0. The second-order valence-corrected chi connectivity index (χ2v) is 19.2. The molecule has 8 aliphatic rings. The fourth-order valence-electron chi connectivity index (χ4n) is 10.6. The van der Waals surface area contributed by atoms with Crippen LogP contribution < -0.4 is 9.44 Å². The smallest absolute Gasteiger partial charge is 0.311 e. The largest absolute Gasteiger partial charge is 0.432 e. The molecule has 212 valence electrons. The average molecular weight is 580 g/mol. The van der Waals surface area contributed by atoms with Gasteiger partial charge in [-0.15, -0.1) is 0 Å². The van der Waals surface area contributed by atoms with Crippen LogP contribution in [0.5, 0.6) is 0 Å². The summed E-state index contributed by atoms with van der Waals surface area (Å²) in [5.74, 6) is 4.13. The van der Waals surface area contributed by atoms with E-state index < -0.39 is 31.6 Å². The van der Waals surface area contributed by atoms with Gasteiger partial charge in [0.25, 0.3) is 0 Å². The zero-order valence-electron chi connectivity index (χ0n) is 21.4. The molecule has 8 fully saturated rings. The molecule has 0 amide bonds. The SMILES string of the molecule is O=P(O)(O)N(S(=O)(=O)NCCC12CC3CC(CC(C3)C1)C2)S(=O)(=O)NCCC12CC3CC(CC(C3)C1)C2. The fraction of sp³-hybridized carbons (Fsp3) is 1.00. The molecule has 0 aromatic carbocycles. The van der Waals surface area contributed by atoms with Crippen LogP contribution in [-0.4, -0.2) is 43.2 Å². The molecule has 0 spiro atoms. The number of rotatable bonds is 11. The van der Waals surface area contributed by atoms with Crippen LogP contribution in [0.3, 0.4) is 0 Å². The second kappa shape index (κ2) is 9.23. The minimum Gasteiger partial charge on any atom is -0.311 e. The van der Waals surface area contributed by atoms with Crippen molar-refractivity contribution < 1.29 is 31.2 Å². The van der Waals surface area contributed by atoms with E-state index in [-0.39, 0.29) is 23.9 Å². The highest BCUT2D eigenvalue weighted by molar-refractivity contribution is 8.08. The van der Waals surface area contributed by atoms with Crippen LogP contribution in [0.2, 0.25) is 0 Å². The van der Waals surface area contributed by atoms with Crippen molar-refractivity contribution in [1.82, 2.24) is 12.9 Å². The molecular formula is C24H42N3O7PS2. The summed E-state index contributed by atoms with van der Waals surface area (Å²) in [5, 5.41) is 0. The summed E-state index contributed by atoms with van der Waals surface area (Å²) in [5.41, 5.74) is 0.110. The highest BCUT2D eigenvalue weighted by Gasteiger charge is 2.53. The molecule has 0 atom stereocenters. The number of nitrogens with zero attached hydrogens (tertiary/aromatic N) is 1. The van der Waals surface area contributed by atoms with Crippen molar-refractivity contribution in [3.63, 3.8) is 0 Å². The van der Waals surface area contributed by atoms with E-state index in [1.165, 1.54) is 38.5 Å². The van der Waals surface area contributed by atoms with E-state index in [0.717, 1.165) is 38.5 Å². The number of nitrogens with one attached hydrogen (secondary N) is 2. The Balaban J connectivity index is 1.09. The normalized spacial score (nSPS) is 42.7. The molecular weight excluding hydrogens is 537 g/mol. The van der Waals surface area contributed by atoms with E-state index >= 15 is 0 Å². The summed E-state index contributed by atoms with van der Waals surface area (Å²) in [7, 11) is -15.6. The minimum absolute atomic E-state index is 0.0339. The van der Waals surface area contributed by atoms with Gasteiger partial charge in [0.1, 0.15) is 0 Å². The lowest BCUT2D eigenvalue weighted by Crippen LogP contribution is -2.50. The summed E-state index contributed by atoms with van der Waals surface area (Å²) >= 11 is 0. The second-order valence-electron chi connectivity index (χ2n) is 13.8. The van der Waals surface area contributed by atoms with Crippen LogP contribution in [0.4, 0.5) is 0 Å². The third-order valence-electron chi connectivity index (χ3n) is 10.8. The lowest BCUT2D eigenvalue weighted by atomic mass is 9.49. The van der Waals surface area contributed by atoms with Gasteiger partial charge in [-0.25, -0.2) is 14.0 Å². The number of hydrogen-bond donors (Lipinski definition) is 4. The standard InChI is InChI=1S/C24H42N3O7PS2/c28-35(29,30)27(36(31,32)25-3-1-23-11-17-5-18(12-23)7-19(6-17)13-23)37(33,34)26-4-2-24-14-20-8-21(15-24)10-22(9-20)16-24/h17-22,25-26H,1-16H2,(H2,28,29,30). The van der Waals surface area contributed by atoms with Crippen molar-refractivity contribution in [2.24, 2.45) is 46.3 Å². The Morgan fingerprint density at radius 3 is 1.14 bits per heavy atom. The predicted molar refractivity (Wildman–Crippen MR) is 138 cm³/mol. The van der Waals surface area contributed by atoms with E-state index in [1.54, 1.807) is 0 Å². The maximum Gasteiger partial charge on any atom is 0.432 e. The van der Waals surface area contributed by atoms with Gasteiger partial charge in [-0.3, -0.25) is 0 Å². The third-order valence-corrected chi connectivity index (χ3v) is 17.0. The van der Waals surface area contributed by atoms with Crippen molar-refractivity contribution in [2.75, 3.05) is 13.1 Å². The topological polar surface area (TPSA) is 153 Å². The van der Waals surface area contributed by atoms with E-state index in [4.69, 9.17) is 0 Å². The van der Waals surface area contributed by atoms with Gasteiger partial charge in [-0.05, 0) is 136 Å². The first-order valence-corrected chi connectivity index (χ1v) is 18.6. The lowest BCUT2D eigenvalue weighted by Gasteiger charge is -2.57. The fourth-order valence-corrected chi connectivity index (χ4v) is 15.5. The molecule has 8 bridgehead atoms. The van der Waals surface area contributed by atoms with Crippen molar-refractivity contribution in [2.45, 2.75) is 89.9 Å². The minimum atomic E-state index is -5.68. The van der Waals surface area contributed by atoms with Gasteiger partial charge in [0.05, 0.1) is 0 Å². The highest BCUT2D eigenvalue weighted by Crippen LogP contribution is 2.62. The van der Waals surface area contributed by atoms with Gasteiger partial charge in [0.2, 0.25) is 0 Å². The van der Waals surface area contributed by atoms with Crippen molar-refractivity contribution in [3.8, 4) is 0 Å². The van der Waals surface area contributed by atoms with Crippen LogP contribution in [0, 0.1) is 46.3 Å². The maximum absolute atomic E-state index is 13.0. The molecule has 37 heavy (non-hydrogen) atoms. The van der Waals surface area contributed by atoms with E-state index in [9.17, 15) is 31.2 Å². The Labute approximate surface area is 221 Å². The zero-order chi connectivity index (χ0) is 26.3. The molecule has 10 nitrogen and oxygen atoms in total. The molecule has 4 N–H and O–H groups in total. The summed E-state index contributed by atoms with van der Waals surface area (Å²) in [6.07, 6.45) is 15.0. The molecule has 0 aliphatic heterocycles. The molecule has 0 aromatic heterocycles. The molecule has 8 rings (SSSR count). The summed E-state index contributed by atoms with van der Waals surface area (Å²) < 4.78 is 68.0. The van der Waals surface area contributed by atoms with Crippen LogP contribution in [0.1, 0.15) is 89.9 Å². The lowest BCUT2D eigenvalue weighted by molar-refractivity contribution is -0.0562. The monoisotopic (exact) mass is 579 g/mol. The first-order chi connectivity index (χ1) is 17.3. The van der Waals surface area contributed by atoms with Crippen LogP contribution in [0.15, 0.2) is 0 Å². The molecule has 0 aromatic rings. The van der Waals surface area contributed by atoms with Crippen LogP contribution in [-0.2, 0) is 25.0 Å². The average Bonchev–Trinajstić information content (AvgIpc) is 2.69. The summed E-state index contributed by atoms with van der Waals surface area (Å²) in [6, 6.07) is 0. The van der Waals surface area contributed by atoms with E-state index in [0.29, 0.717) is 48.3 Å². The summed E-state index contributed by atoms with van der Waals surface area (Å²) in [6.45, 7) is -0.0679. The molecule has 8 saturated carbocycles. The molecule has 0 unspecified atom stereocenters. The van der Waals surface area contributed by atoms with Gasteiger partial charge in [-0.1, -0.05) is 0 Å². The Morgan fingerprint density at radius 1 is 0.622 bits per heavy atom. The molecule has 0 radical (unpaired) electrons. The highest BCUT2D eigenvalue weighted by atomic mass is 32.3. The van der Waals surface area contributed by atoms with Crippen molar-refractivity contribution >= 4 is 28.2 Å². The molecule has 13 heteroatoms. The van der Waals surface area contributed by atoms with Gasteiger partial charge in [0.15, 0.2) is 0 Å².